The normalized spacial score (nSPS) is 32.1. The smallest absolute Gasteiger partial charge is 0.156 e. The van der Waals surface area contributed by atoms with Crippen molar-refractivity contribution in [1.82, 2.24) is 4.90 Å². The molecule has 1 heterocycles. The summed E-state index contributed by atoms with van der Waals surface area (Å²) in [6.45, 7) is 6.69. The molecule has 0 saturated carbocycles. The molecule has 0 aromatic heterocycles. The fourth-order valence-corrected chi connectivity index (χ4v) is 2.15. The second-order valence-electron chi connectivity index (χ2n) is 4.37. The third-order valence-electron chi connectivity index (χ3n) is 2.35. The van der Waals surface area contributed by atoms with E-state index in [1.807, 2.05) is 0 Å². The summed E-state index contributed by atoms with van der Waals surface area (Å²) >= 11 is 5.14. The van der Waals surface area contributed by atoms with E-state index in [0.29, 0.717) is 17.5 Å². The molecule has 0 aliphatic carbocycles. The number of rotatable bonds is 0. The highest BCUT2D eigenvalue weighted by molar-refractivity contribution is 7.80. The summed E-state index contributed by atoms with van der Waals surface area (Å²) in [6, 6.07) is 0.866. The maximum absolute atomic E-state index is 5.14. The summed E-state index contributed by atoms with van der Waals surface area (Å²) in [5.74, 6) is 0. The Morgan fingerprint density at radius 2 is 1.91 bits per heavy atom. The molecular weight excluding hydrogens is 156 g/mol. The SMILES string of the molecule is CN1C(=S)[C@@H]([NH3+])[C@@H]1C(C)(C)C. The highest BCUT2D eigenvalue weighted by atomic mass is 32.1. The summed E-state index contributed by atoms with van der Waals surface area (Å²) in [7, 11) is 2.06. The molecule has 0 aromatic rings. The molecule has 1 rings (SSSR count). The molecule has 2 atom stereocenters. The van der Waals surface area contributed by atoms with Crippen LogP contribution in [-0.2, 0) is 0 Å². The molecule has 1 fully saturated rings. The van der Waals surface area contributed by atoms with Crippen LogP contribution in [0.1, 0.15) is 20.8 Å². The first-order valence-electron chi connectivity index (χ1n) is 3.95. The predicted octanol–water partition coefficient (Wildman–Crippen LogP) is 0.284. The highest BCUT2D eigenvalue weighted by Crippen LogP contribution is 2.32. The van der Waals surface area contributed by atoms with E-state index >= 15 is 0 Å². The number of likely N-dealkylation sites (tertiary alicyclic amines) is 1. The van der Waals surface area contributed by atoms with Crippen molar-refractivity contribution in [2.45, 2.75) is 32.9 Å². The van der Waals surface area contributed by atoms with Crippen molar-refractivity contribution in [3.63, 3.8) is 0 Å². The molecule has 0 aromatic carbocycles. The lowest BCUT2D eigenvalue weighted by atomic mass is 9.76. The summed E-state index contributed by atoms with van der Waals surface area (Å²) in [5, 5.41) is 0. The average Bonchev–Trinajstić information content (AvgIpc) is 1.85. The third kappa shape index (κ3) is 1.27. The van der Waals surface area contributed by atoms with Crippen LogP contribution in [0.2, 0.25) is 0 Å². The van der Waals surface area contributed by atoms with E-state index in [-0.39, 0.29) is 0 Å². The lowest BCUT2D eigenvalue weighted by Crippen LogP contribution is -2.84. The van der Waals surface area contributed by atoms with Crippen molar-refractivity contribution in [3.05, 3.63) is 0 Å². The maximum atomic E-state index is 5.14. The number of thiocarbonyl (C=S) groups is 1. The zero-order chi connectivity index (χ0) is 8.81. The second-order valence-corrected chi connectivity index (χ2v) is 4.78. The van der Waals surface area contributed by atoms with Crippen LogP contribution in [0.5, 0.6) is 0 Å². The minimum absolute atomic E-state index is 0.295. The Kier molecular flexibility index (Phi) is 1.97. The first-order chi connectivity index (χ1) is 4.85. The van der Waals surface area contributed by atoms with E-state index in [2.05, 4.69) is 38.5 Å². The van der Waals surface area contributed by atoms with Crippen molar-refractivity contribution < 1.29 is 5.73 Å². The summed E-state index contributed by atoms with van der Waals surface area (Å²) in [5.41, 5.74) is 4.34. The summed E-state index contributed by atoms with van der Waals surface area (Å²) < 4.78 is 0. The van der Waals surface area contributed by atoms with Gasteiger partial charge in [-0.25, -0.2) is 0 Å². The van der Waals surface area contributed by atoms with Gasteiger partial charge in [0.1, 0.15) is 4.99 Å². The number of nitrogens with zero attached hydrogens (tertiary/aromatic N) is 1. The van der Waals surface area contributed by atoms with Gasteiger partial charge in [-0.3, -0.25) is 0 Å². The second kappa shape index (κ2) is 2.42. The standard InChI is InChI=1S/C8H16N2S/c1-8(2,3)6-5(9)7(11)10(6)4/h5-6H,9H2,1-4H3/p+1/t5-,6+/m0/s1. The molecule has 0 unspecified atom stereocenters. The maximum Gasteiger partial charge on any atom is 0.156 e. The predicted molar refractivity (Wildman–Crippen MR) is 50.3 cm³/mol. The number of hydrogen-bond donors (Lipinski definition) is 1. The van der Waals surface area contributed by atoms with Gasteiger partial charge in [-0.05, 0) is 5.41 Å². The van der Waals surface area contributed by atoms with Crippen LogP contribution >= 0.6 is 12.2 Å². The molecular formula is C8H17N2S+. The van der Waals surface area contributed by atoms with Crippen molar-refractivity contribution in [1.29, 1.82) is 0 Å². The van der Waals surface area contributed by atoms with E-state index in [1.165, 1.54) is 0 Å². The van der Waals surface area contributed by atoms with Crippen LogP contribution in [0, 0.1) is 5.41 Å². The van der Waals surface area contributed by atoms with E-state index in [0.717, 1.165) is 4.99 Å². The van der Waals surface area contributed by atoms with Gasteiger partial charge >= 0.3 is 0 Å². The number of hydrogen-bond acceptors (Lipinski definition) is 1. The highest BCUT2D eigenvalue weighted by Gasteiger charge is 2.48. The van der Waals surface area contributed by atoms with Crippen LogP contribution in [0.15, 0.2) is 0 Å². The zero-order valence-electron chi connectivity index (χ0n) is 7.72. The van der Waals surface area contributed by atoms with Crippen LogP contribution in [0.3, 0.4) is 0 Å². The molecule has 0 radical (unpaired) electrons. The monoisotopic (exact) mass is 173 g/mol. The van der Waals surface area contributed by atoms with Gasteiger partial charge in [-0.2, -0.15) is 0 Å². The van der Waals surface area contributed by atoms with Gasteiger partial charge in [0.15, 0.2) is 6.04 Å². The first-order valence-corrected chi connectivity index (χ1v) is 4.36. The van der Waals surface area contributed by atoms with Gasteiger partial charge in [0.05, 0.1) is 6.04 Å². The van der Waals surface area contributed by atoms with E-state index < -0.39 is 0 Å². The minimum Gasteiger partial charge on any atom is -0.354 e. The summed E-state index contributed by atoms with van der Waals surface area (Å²) in [6.07, 6.45) is 0. The van der Waals surface area contributed by atoms with E-state index in [1.54, 1.807) is 0 Å². The molecule has 0 amide bonds. The van der Waals surface area contributed by atoms with Crippen LogP contribution in [0.4, 0.5) is 0 Å². The molecule has 3 heteroatoms. The molecule has 0 spiro atoms. The molecule has 64 valence electrons. The van der Waals surface area contributed by atoms with Crippen LogP contribution in [-0.4, -0.2) is 29.0 Å². The van der Waals surface area contributed by atoms with Gasteiger partial charge < -0.3 is 10.6 Å². The fourth-order valence-electron chi connectivity index (χ4n) is 1.91. The zero-order valence-corrected chi connectivity index (χ0v) is 8.53. The fraction of sp³-hybridized carbons (Fsp3) is 0.875. The average molecular weight is 173 g/mol. The Morgan fingerprint density at radius 1 is 1.45 bits per heavy atom. The van der Waals surface area contributed by atoms with Crippen molar-refractivity contribution in [2.75, 3.05) is 7.05 Å². The molecule has 0 bridgehead atoms. The third-order valence-corrected chi connectivity index (χ3v) is 2.94. The van der Waals surface area contributed by atoms with Crippen molar-refractivity contribution >= 4 is 17.2 Å². The Morgan fingerprint density at radius 3 is 2.09 bits per heavy atom. The van der Waals surface area contributed by atoms with Crippen molar-refractivity contribution in [3.8, 4) is 0 Å². The Bertz CT molecular complexity index is 171. The quantitative estimate of drug-likeness (QED) is 0.534. The van der Waals surface area contributed by atoms with Gasteiger partial charge in [0.25, 0.3) is 0 Å². The molecule has 2 nitrogen and oxygen atoms in total. The van der Waals surface area contributed by atoms with Crippen molar-refractivity contribution in [2.24, 2.45) is 5.41 Å². The Balaban J connectivity index is 2.70. The van der Waals surface area contributed by atoms with E-state index in [4.69, 9.17) is 12.2 Å². The van der Waals surface area contributed by atoms with E-state index in [9.17, 15) is 0 Å². The van der Waals surface area contributed by atoms with Crippen LogP contribution < -0.4 is 5.73 Å². The first kappa shape index (κ1) is 8.94. The van der Waals surface area contributed by atoms with Gasteiger partial charge in [-0.1, -0.05) is 33.0 Å². The van der Waals surface area contributed by atoms with Gasteiger partial charge in [0, 0.05) is 7.05 Å². The largest absolute Gasteiger partial charge is 0.354 e. The number of likely N-dealkylation sites (N-methyl/N-ethyl adjacent to an activating group) is 1. The molecule has 1 aliphatic rings. The van der Waals surface area contributed by atoms with Gasteiger partial charge in [-0.15, -0.1) is 0 Å². The molecule has 1 aliphatic heterocycles. The Hall–Kier alpha value is -0.150. The van der Waals surface area contributed by atoms with Crippen LogP contribution in [0.25, 0.3) is 0 Å². The molecule has 11 heavy (non-hydrogen) atoms. The number of quaternary nitrogens is 1. The molecule has 1 saturated heterocycles. The van der Waals surface area contributed by atoms with Gasteiger partial charge in [0.2, 0.25) is 0 Å². The summed E-state index contributed by atoms with van der Waals surface area (Å²) in [4.78, 5) is 3.16. The molecule has 3 N–H and O–H groups in total. The lowest BCUT2D eigenvalue weighted by molar-refractivity contribution is -0.425. The lowest BCUT2D eigenvalue weighted by Gasteiger charge is -2.49. The minimum atomic E-state index is 0.295. The Labute approximate surface area is 73.7 Å². The topological polar surface area (TPSA) is 30.9 Å².